The Morgan fingerprint density at radius 3 is 2.41 bits per heavy atom. The van der Waals surface area contributed by atoms with Crippen molar-refractivity contribution in [2.24, 2.45) is 5.73 Å². The van der Waals surface area contributed by atoms with Gasteiger partial charge in [-0.1, -0.05) is 30.3 Å². The van der Waals surface area contributed by atoms with Gasteiger partial charge in [0.25, 0.3) is 0 Å². The number of benzene rings is 1. The molecule has 3 N–H and O–H groups in total. The summed E-state index contributed by atoms with van der Waals surface area (Å²) < 4.78 is 0. The number of nitrogens with zero attached hydrogens (tertiary/aromatic N) is 1. The fraction of sp³-hybridized carbons (Fsp3) is 0.214. The first-order chi connectivity index (χ1) is 8.28. The number of rotatable bonds is 4. The standard InChI is InChI=1S/C14H17N3/c1-11-3-2-4-14(17-11)16-10-13-7-5-12(9-15)6-8-13/h2-8H,9-10,15H2,1H3,(H,16,17). The Morgan fingerprint density at radius 2 is 1.76 bits per heavy atom. The van der Waals surface area contributed by atoms with E-state index in [2.05, 4.69) is 34.6 Å². The van der Waals surface area contributed by atoms with Crippen molar-refractivity contribution in [3.05, 3.63) is 59.3 Å². The molecule has 2 rings (SSSR count). The average molecular weight is 227 g/mol. The molecule has 3 nitrogen and oxygen atoms in total. The van der Waals surface area contributed by atoms with Gasteiger partial charge in [-0.2, -0.15) is 0 Å². The Balaban J connectivity index is 1.97. The quantitative estimate of drug-likeness (QED) is 0.843. The van der Waals surface area contributed by atoms with Crippen molar-refractivity contribution in [3.8, 4) is 0 Å². The van der Waals surface area contributed by atoms with Crippen LogP contribution < -0.4 is 11.1 Å². The van der Waals surface area contributed by atoms with Gasteiger partial charge in [-0.05, 0) is 30.2 Å². The van der Waals surface area contributed by atoms with Crippen LogP contribution in [0.15, 0.2) is 42.5 Å². The summed E-state index contributed by atoms with van der Waals surface area (Å²) in [5.74, 6) is 0.910. The molecule has 0 unspecified atom stereocenters. The van der Waals surface area contributed by atoms with Crippen LogP contribution in [0.2, 0.25) is 0 Å². The molecule has 88 valence electrons. The monoisotopic (exact) mass is 227 g/mol. The normalized spacial score (nSPS) is 10.2. The Hall–Kier alpha value is -1.87. The maximum Gasteiger partial charge on any atom is 0.126 e. The van der Waals surface area contributed by atoms with Gasteiger partial charge in [-0.15, -0.1) is 0 Å². The van der Waals surface area contributed by atoms with Gasteiger partial charge in [0.1, 0.15) is 5.82 Å². The molecule has 1 aromatic heterocycles. The van der Waals surface area contributed by atoms with Crippen LogP contribution in [-0.2, 0) is 13.1 Å². The molecule has 3 heteroatoms. The first kappa shape index (κ1) is 11.6. The molecule has 0 fully saturated rings. The second kappa shape index (κ2) is 5.46. The summed E-state index contributed by atoms with van der Waals surface area (Å²) in [6.45, 7) is 3.36. The minimum absolute atomic E-state index is 0.590. The summed E-state index contributed by atoms with van der Waals surface area (Å²) in [5.41, 5.74) is 8.96. The van der Waals surface area contributed by atoms with Gasteiger partial charge in [0.15, 0.2) is 0 Å². The van der Waals surface area contributed by atoms with Crippen LogP contribution in [0.4, 0.5) is 5.82 Å². The van der Waals surface area contributed by atoms with Crippen molar-refractivity contribution in [1.29, 1.82) is 0 Å². The van der Waals surface area contributed by atoms with Crippen LogP contribution in [0.1, 0.15) is 16.8 Å². The lowest BCUT2D eigenvalue weighted by Gasteiger charge is -2.06. The number of pyridine rings is 1. The summed E-state index contributed by atoms with van der Waals surface area (Å²) in [7, 11) is 0. The lowest BCUT2D eigenvalue weighted by atomic mass is 10.1. The van der Waals surface area contributed by atoms with E-state index in [9.17, 15) is 0 Å². The molecule has 1 heterocycles. The molecule has 0 radical (unpaired) electrons. The minimum Gasteiger partial charge on any atom is -0.366 e. The lowest BCUT2D eigenvalue weighted by molar-refractivity contribution is 1.05. The zero-order valence-corrected chi connectivity index (χ0v) is 9.98. The van der Waals surface area contributed by atoms with Crippen molar-refractivity contribution in [1.82, 2.24) is 4.98 Å². The Labute approximate surface area is 102 Å². The van der Waals surface area contributed by atoms with Gasteiger partial charge >= 0.3 is 0 Å². The molecule has 0 amide bonds. The molecule has 2 aromatic rings. The number of aryl methyl sites for hydroxylation is 1. The van der Waals surface area contributed by atoms with Crippen LogP contribution in [0, 0.1) is 6.92 Å². The molecule has 0 atom stereocenters. The number of hydrogen-bond acceptors (Lipinski definition) is 3. The first-order valence-corrected chi connectivity index (χ1v) is 5.73. The van der Waals surface area contributed by atoms with E-state index >= 15 is 0 Å². The van der Waals surface area contributed by atoms with Crippen LogP contribution >= 0.6 is 0 Å². The third-order valence-electron chi connectivity index (χ3n) is 2.62. The van der Waals surface area contributed by atoms with E-state index < -0.39 is 0 Å². The SMILES string of the molecule is Cc1cccc(NCc2ccc(CN)cc2)n1. The maximum atomic E-state index is 5.56. The second-order valence-electron chi connectivity index (χ2n) is 4.04. The number of aromatic nitrogens is 1. The predicted molar refractivity (Wildman–Crippen MR) is 70.6 cm³/mol. The topological polar surface area (TPSA) is 50.9 Å². The van der Waals surface area contributed by atoms with Crippen molar-refractivity contribution in [2.75, 3.05) is 5.32 Å². The summed E-state index contributed by atoms with van der Waals surface area (Å²) in [5, 5.41) is 3.30. The zero-order chi connectivity index (χ0) is 12.1. The highest BCUT2D eigenvalue weighted by Gasteiger charge is 1.96. The van der Waals surface area contributed by atoms with E-state index in [-0.39, 0.29) is 0 Å². The number of anilines is 1. The summed E-state index contributed by atoms with van der Waals surface area (Å²) in [6, 6.07) is 14.3. The summed E-state index contributed by atoms with van der Waals surface area (Å²) >= 11 is 0. The van der Waals surface area contributed by atoms with Gasteiger partial charge in [0, 0.05) is 18.8 Å². The van der Waals surface area contributed by atoms with Gasteiger partial charge in [0.2, 0.25) is 0 Å². The number of nitrogens with one attached hydrogen (secondary N) is 1. The molecule has 0 aliphatic rings. The minimum atomic E-state index is 0.590. The van der Waals surface area contributed by atoms with Gasteiger partial charge in [-0.25, -0.2) is 4.98 Å². The van der Waals surface area contributed by atoms with Crippen LogP contribution in [0.5, 0.6) is 0 Å². The van der Waals surface area contributed by atoms with Crippen molar-refractivity contribution in [3.63, 3.8) is 0 Å². The summed E-state index contributed by atoms with van der Waals surface area (Å²) in [6.07, 6.45) is 0. The highest BCUT2D eigenvalue weighted by Crippen LogP contribution is 2.08. The molecule has 17 heavy (non-hydrogen) atoms. The molecule has 0 saturated carbocycles. The van der Waals surface area contributed by atoms with Crippen LogP contribution in [0.25, 0.3) is 0 Å². The predicted octanol–water partition coefficient (Wildman–Crippen LogP) is 2.46. The van der Waals surface area contributed by atoms with Crippen LogP contribution in [-0.4, -0.2) is 4.98 Å². The highest BCUT2D eigenvalue weighted by molar-refractivity contribution is 5.36. The van der Waals surface area contributed by atoms with Gasteiger partial charge in [-0.3, -0.25) is 0 Å². The first-order valence-electron chi connectivity index (χ1n) is 5.73. The summed E-state index contributed by atoms with van der Waals surface area (Å²) in [4.78, 5) is 4.39. The number of hydrogen-bond donors (Lipinski definition) is 2. The second-order valence-corrected chi connectivity index (χ2v) is 4.04. The third kappa shape index (κ3) is 3.29. The largest absolute Gasteiger partial charge is 0.366 e. The van der Waals surface area contributed by atoms with Gasteiger partial charge < -0.3 is 11.1 Å². The van der Waals surface area contributed by atoms with E-state index in [4.69, 9.17) is 5.73 Å². The van der Waals surface area contributed by atoms with E-state index in [1.54, 1.807) is 0 Å². The van der Waals surface area contributed by atoms with Crippen LogP contribution in [0.3, 0.4) is 0 Å². The molecule has 0 spiro atoms. The highest BCUT2D eigenvalue weighted by atomic mass is 15.0. The van der Waals surface area contributed by atoms with Crippen molar-refractivity contribution >= 4 is 5.82 Å². The van der Waals surface area contributed by atoms with Crippen molar-refractivity contribution < 1.29 is 0 Å². The van der Waals surface area contributed by atoms with Crippen molar-refractivity contribution in [2.45, 2.75) is 20.0 Å². The smallest absolute Gasteiger partial charge is 0.126 e. The molecule has 0 saturated heterocycles. The maximum absolute atomic E-state index is 5.56. The van der Waals surface area contributed by atoms with E-state index in [0.29, 0.717) is 6.54 Å². The number of nitrogens with two attached hydrogens (primary N) is 1. The fourth-order valence-electron chi connectivity index (χ4n) is 1.63. The molecular formula is C14H17N3. The lowest BCUT2D eigenvalue weighted by Crippen LogP contribution is -2.02. The van der Waals surface area contributed by atoms with Gasteiger partial charge in [0.05, 0.1) is 0 Å². The average Bonchev–Trinajstić information content (AvgIpc) is 2.37. The molecule has 1 aromatic carbocycles. The molecular weight excluding hydrogens is 210 g/mol. The molecule has 0 aliphatic heterocycles. The third-order valence-corrected chi connectivity index (χ3v) is 2.62. The fourth-order valence-corrected chi connectivity index (χ4v) is 1.63. The zero-order valence-electron chi connectivity index (χ0n) is 9.98. The molecule has 0 bridgehead atoms. The van der Waals surface area contributed by atoms with E-state index in [1.165, 1.54) is 5.56 Å². The Morgan fingerprint density at radius 1 is 1.06 bits per heavy atom. The van der Waals surface area contributed by atoms with E-state index in [1.807, 2.05) is 25.1 Å². The molecule has 0 aliphatic carbocycles. The Bertz CT molecular complexity index is 477. The van der Waals surface area contributed by atoms with E-state index in [0.717, 1.165) is 23.6 Å². The Kier molecular flexibility index (Phi) is 3.73.